The molecule has 0 bridgehead atoms. The molecule has 1 aromatic heterocycles. The first-order valence-electron chi connectivity index (χ1n) is 9.73. The molecule has 0 spiro atoms. The fourth-order valence-electron chi connectivity index (χ4n) is 3.10. The molecule has 3 rings (SSSR count). The summed E-state index contributed by atoms with van der Waals surface area (Å²) in [7, 11) is -3.39. The van der Waals surface area contributed by atoms with Crippen LogP contribution in [0.15, 0.2) is 48.7 Å². The van der Waals surface area contributed by atoms with E-state index in [0.717, 1.165) is 5.82 Å². The number of sulfonamides is 1. The Kier molecular flexibility index (Phi) is 7.58. The lowest BCUT2D eigenvalue weighted by atomic mass is 10.3. The number of para-hydroxylation sites is 1. The van der Waals surface area contributed by atoms with Crippen LogP contribution in [0.1, 0.15) is 6.42 Å². The molecule has 10 heteroatoms. The quantitative estimate of drug-likeness (QED) is 0.595. The van der Waals surface area contributed by atoms with Crippen molar-refractivity contribution in [2.45, 2.75) is 6.42 Å². The van der Waals surface area contributed by atoms with Crippen LogP contribution in [0.4, 0.5) is 10.2 Å². The highest BCUT2D eigenvalue weighted by Gasteiger charge is 2.26. The molecule has 30 heavy (non-hydrogen) atoms. The Labute approximate surface area is 175 Å². The van der Waals surface area contributed by atoms with Gasteiger partial charge in [-0.1, -0.05) is 18.2 Å². The van der Waals surface area contributed by atoms with Gasteiger partial charge in [-0.3, -0.25) is 4.79 Å². The van der Waals surface area contributed by atoms with Crippen LogP contribution in [-0.2, 0) is 14.8 Å². The van der Waals surface area contributed by atoms with Crippen molar-refractivity contribution in [1.82, 2.24) is 14.6 Å². The predicted molar refractivity (Wildman–Crippen MR) is 111 cm³/mol. The number of carbonyl (C=O) groups is 1. The highest BCUT2D eigenvalue weighted by molar-refractivity contribution is 7.89. The van der Waals surface area contributed by atoms with Crippen molar-refractivity contribution in [3.8, 4) is 5.75 Å². The topological polar surface area (TPSA) is 91.8 Å². The monoisotopic (exact) mass is 436 g/mol. The van der Waals surface area contributed by atoms with Crippen molar-refractivity contribution in [3.05, 3.63) is 54.5 Å². The van der Waals surface area contributed by atoms with Gasteiger partial charge in [-0.05, 0) is 30.7 Å². The second-order valence-electron chi connectivity index (χ2n) is 6.81. The third kappa shape index (κ3) is 6.14. The van der Waals surface area contributed by atoms with Crippen molar-refractivity contribution in [1.29, 1.82) is 0 Å². The number of aromatic nitrogens is 1. The average molecular weight is 437 g/mol. The number of halogens is 1. The molecule has 0 atom stereocenters. The lowest BCUT2D eigenvalue weighted by Crippen LogP contribution is -2.49. The number of amides is 1. The van der Waals surface area contributed by atoms with Crippen molar-refractivity contribution in [3.63, 3.8) is 0 Å². The largest absolute Gasteiger partial charge is 0.481 e. The van der Waals surface area contributed by atoms with Crippen LogP contribution in [0.5, 0.6) is 5.75 Å². The number of hydrogen-bond donors (Lipinski definition) is 1. The van der Waals surface area contributed by atoms with E-state index in [9.17, 15) is 17.6 Å². The molecular weight excluding hydrogens is 411 g/mol. The summed E-state index contributed by atoms with van der Waals surface area (Å²) in [6, 6.07) is 11.5. The minimum atomic E-state index is -3.39. The van der Waals surface area contributed by atoms with Crippen LogP contribution in [0.3, 0.4) is 0 Å². The van der Waals surface area contributed by atoms with Crippen molar-refractivity contribution in [2.24, 2.45) is 0 Å². The number of anilines is 1. The molecule has 1 N–H and O–H groups in total. The number of ether oxygens (including phenoxy) is 1. The van der Waals surface area contributed by atoms with Crippen LogP contribution < -0.4 is 15.0 Å². The van der Waals surface area contributed by atoms with E-state index in [-0.39, 0.29) is 31.1 Å². The fraction of sp³-hybridized carbons (Fsp3) is 0.400. The highest BCUT2D eigenvalue weighted by atomic mass is 32.2. The summed E-state index contributed by atoms with van der Waals surface area (Å²) in [6.45, 7) is 1.85. The zero-order chi connectivity index (χ0) is 21.4. The van der Waals surface area contributed by atoms with Gasteiger partial charge in [0.05, 0.1) is 5.75 Å². The molecule has 1 aromatic carbocycles. The number of benzene rings is 1. The van der Waals surface area contributed by atoms with E-state index >= 15 is 0 Å². The predicted octanol–water partition coefficient (Wildman–Crippen LogP) is 1.26. The molecule has 1 fully saturated rings. The van der Waals surface area contributed by atoms with Crippen molar-refractivity contribution < 1.29 is 22.3 Å². The van der Waals surface area contributed by atoms with E-state index in [4.69, 9.17) is 4.74 Å². The highest BCUT2D eigenvalue weighted by Crippen LogP contribution is 2.16. The smallest absolute Gasteiger partial charge is 0.257 e. The summed E-state index contributed by atoms with van der Waals surface area (Å²) in [5, 5.41) is 2.59. The molecule has 1 amide bonds. The second kappa shape index (κ2) is 10.4. The van der Waals surface area contributed by atoms with Gasteiger partial charge in [0.2, 0.25) is 10.0 Å². The first-order valence-corrected chi connectivity index (χ1v) is 11.3. The van der Waals surface area contributed by atoms with Gasteiger partial charge in [0.15, 0.2) is 18.2 Å². The maximum Gasteiger partial charge on any atom is 0.257 e. The van der Waals surface area contributed by atoms with Gasteiger partial charge in [-0.25, -0.2) is 17.8 Å². The Bertz CT molecular complexity index is 935. The molecule has 1 aliphatic heterocycles. The number of carbonyl (C=O) groups excluding carboxylic acids is 1. The Balaban J connectivity index is 1.35. The molecule has 0 unspecified atom stereocenters. The standard InChI is InChI=1S/C20H25FN4O4S/c21-17-6-1-2-7-18(17)29-16-20(26)23-10-5-15-30(27,28)25-13-11-24(12-14-25)19-8-3-4-9-22-19/h1-4,6-9H,5,10-16H2,(H,23,26). The molecule has 2 heterocycles. The minimum Gasteiger partial charge on any atom is -0.481 e. The lowest BCUT2D eigenvalue weighted by Gasteiger charge is -2.34. The third-order valence-corrected chi connectivity index (χ3v) is 6.66. The summed E-state index contributed by atoms with van der Waals surface area (Å²) in [5.41, 5.74) is 0. The van der Waals surface area contributed by atoms with E-state index in [1.807, 2.05) is 18.2 Å². The molecular formula is C20H25FN4O4S. The Morgan fingerprint density at radius 2 is 1.83 bits per heavy atom. The molecule has 8 nitrogen and oxygen atoms in total. The number of rotatable bonds is 9. The van der Waals surface area contributed by atoms with Crippen LogP contribution in [0.2, 0.25) is 0 Å². The molecule has 2 aromatic rings. The molecule has 0 aliphatic carbocycles. The zero-order valence-corrected chi connectivity index (χ0v) is 17.4. The first-order chi connectivity index (χ1) is 14.5. The van der Waals surface area contributed by atoms with Crippen molar-refractivity contribution in [2.75, 3.05) is 50.0 Å². The average Bonchev–Trinajstić information content (AvgIpc) is 2.77. The summed E-state index contributed by atoms with van der Waals surface area (Å²) in [4.78, 5) is 18.1. The van der Waals surface area contributed by atoms with Gasteiger partial charge in [0, 0.05) is 38.9 Å². The summed E-state index contributed by atoms with van der Waals surface area (Å²) in [6.07, 6.45) is 2.00. The van der Waals surface area contributed by atoms with E-state index in [1.54, 1.807) is 12.3 Å². The Morgan fingerprint density at radius 1 is 1.10 bits per heavy atom. The maximum absolute atomic E-state index is 13.4. The molecule has 0 radical (unpaired) electrons. The summed E-state index contributed by atoms with van der Waals surface area (Å²) >= 11 is 0. The number of pyridine rings is 1. The van der Waals surface area contributed by atoms with Gasteiger partial charge in [-0.2, -0.15) is 4.31 Å². The number of piperazine rings is 1. The minimum absolute atomic E-state index is 0.0000674. The van der Waals surface area contributed by atoms with E-state index in [1.165, 1.54) is 22.5 Å². The zero-order valence-electron chi connectivity index (χ0n) is 16.5. The lowest BCUT2D eigenvalue weighted by molar-refractivity contribution is -0.123. The number of nitrogens with one attached hydrogen (secondary N) is 1. The van der Waals surface area contributed by atoms with Crippen LogP contribution in [-0.4, -0.2) is 68.7 Å². The number of nitrogens with zero attached hydrogens (tertiary/aromatic N) is 3. The van der Waals surface area contributed by atoms with Gasteiger partial charge >= 0.3 is 0 Å². The van der Waals surface area contributed by atoms with E-state index in [0.29, 0.717) is 26.2 Å². The van der Waals surface area contributed by atoms with Gasteiger partial charge in [0.1, 0.15) is 5.82 Å². The summed E-state index contributed by atoms with van der Waals surface area (Å²) in [5.74, 6) is -0.181. The van der Waals surface area contributed by atoms with Crippen LogP contribution in [0, 0.1) is 5.82 Å². The Hall–Kier alpha value is -2.72. The second-order valence-corrected chi connectivity index (χ2v) is 8.90. The summed E-state index contributed by atoms with van der Waals surface area (Å²) < 4.78 is 45.1. The molecule has 1 saturated heterocycles. The van der Waals surface area contributed by atoms with E-state index in [2.05, 4.69) is 15.2 Å². The van der Waals surface area contributed by atoms with Crippen LogP contribution >= 0.6 is 0 Å². The first kappa shape index (κ1) is 22.0. The third-order valence-electron chi connectivity index (χ3n) is 4.70. The Morgan fingerprint density at radius 3 is 2.53 bits per heavy atom. The van der Waals surface area contributed by atoms with Gasteiger partial charge < -0.3 is 15.0 Å². The van der Waals surface area contributed by atoms with E-state index < -0.39 is 21.7 Å². The molecule has 1 aliphatic rings. The number of hydrogen-bond acceptors (Lipinski definition) is 6. The molecule has 0 saturated carbocycles. The van der Waals surface area contributed by atoms with Gasteiger partial charge in [0.25, 0.3) is 5.91 Å². The molecule has 162 valence electrons. The van der Waals surface area contributed by atoms with Gasteiger partial charge in [-0.15, -0.1) is 0 Å². The normalized spacial score (nSPS) is 15.0. The SMILES string of the molecule is O=C(COc1ccccc1F)NCCCS(=O)(=O)N1CCN(c2ccccn2)CC1. The van der Waals surface area contributed by atoms with Crippen molar-refractivity contribution >= 4 is 21.7 Å². The maximum atomic E-state index is 13.4. The van der Waals surface area contributed by atoms with Crippen LogP contribution in [0.25, 0.3) is 0 Å². The fourth-order valence-corrected chi connectivity index (χ4v) is 4.59.